The highest BCUT2D eigenvalue weighted by Gasteiger charge is 2.59. The van der Waals surface area contributed by atoms with Gasteiger partial charge < -0.3 is 0 Å². The van der Waals surface area contributed by atoms with Gasteiger partial charge in [0.15, 0.2) is 0 Å². The Bertz CT molecular complexity index is 631. The first-order chi connectivity index (χ1) is 12.8. The van der Waals surface area contributed by atoms with E-state index in [9.17, 15) is 4.21 Å². The van der Waals surface area contributed by atoms with E-state index in [-0.39, 0.29) is 11.5 Å². The highest BCUT2D eigenvalue weighted by Crippen LogP contribution is 2.67. The summed E-state index contributed by atoms with van der Waals surface area (Å²) < 4.78 is 25.4. The van der Waals surface area contributed by atoms with E-state index in [1.165, 1.54) is 44.1 Å². The largest absolute Gasteiger partial charge is 0.302 e. The predicted octanol–water partition coefficient (Wildman–Crippen LogP) is 6.13. The van der Waals surface area contributed by atoms with Gasteiger partial charge in [0.1, 0.15) is 0 Å². The van der Waals surface area contributed by atoms with Gasteiger partial charge in [0.05, 0.1) is 6.10 Å². The lowest BCUT2D eigenvalue weighted by Gasteiger charge is -2.58. The molecule has 0 heterocycles. The Morgan fingerprint density at radius 2 is 2.00 bits per heavy atom. The molecule has 4 aliphatic carbocycles. The van der Waals surface area contributed by atoms with Crippen molar-refractivity contribution in [2.45, 2.75) is 91.6 Å². The maximum Gasteiger partial charge on any atom is 0.302 e. The standard InChI is InChI=1S/C23H38O3S/c1-5-15(2)19-8-9-20-18-7-6-16-14-17(26-27(24)25)10-12-22(16,3)21(18)11-13-23(19,20)4/h6,15,17-21H,5,7-14H2,1-4H3,(H,24,25)/t15-,17?,18?,19?,20?,21?,22?,23?/m1/s1. The molecule has 1 N–H and O–H groups in total. The molecule has 3 nitrogen and oxygen atoms in total. The topological polar surface area (TPSA) is 46.5 Å². The fourth-order valence-corrected chi connectivity index (χ4v) is 8.48. The van der Waals surface area contributed by atoms with Crippen LogP contribution in [-0.4, -0.2) is 14.9 Å². The molecule has 0 amide bonds. The number of allylic oxidation sites excluding steroid dienone is 1. The van der Waals surface area contributed by atoms with Crippen molar-refractivity contribution in [3.05, 3.63) is 11.6 Å². The van der Waals surface area contributed by atoms with Crippen LogP contribution in [0, 0.1) is 40.4 Å². The fraction of sp³-hybridized carbons (Fsp3) is 0.913. The van der Waals surface area contributed by atoms with E-state index in [0.29, 0.717) is 5.41 Å². The van der Waals surface area contributed by atoms with Crippen LogP contribution < -0.4 is 0 Å². The molecular weight excluding hydrogens is 356 g/mol. The Kier molecular flexibility index (Phi) is 5.40. The summed E-state index contributed by atoms with van der Waals surface area (Å²) in [5.41, 5.74) is 2.35. The summed E-state index contributed by atoms with van der Waals surface area (Å²) in [6, 6.07) is 0. The lowest BCUT2D eigenvalue weighted by Crippen LogP contribution is -2.51. The molecule has 4 rings (SSSR count). The minimum atomic E-state index is -2.14. The second-order valence-electron chi connectivity index (χ2n) is 10.6. The van der Waals surface area contributed by atoms with Crippen LogP contribution in [0.25, 0.3) is 0 Å². The molecule has 0 aromatic carbocycles. The van der Waals surface area contributed by atoms with Gasteiger partial charge in [0, 0.05) is 0 Å². The summed E-state index contributed by atoms with van der Waals surface area (Å²) in [5.74, 6) is 4.30. The minimum Gasteiger partial charge on any atom is -0.284 e. The molecule has 9 atom stereocenters. The summed E-state index contributed by atoms with van der Waals surface area (Å²) in [4.78, 5) is 0. The van der Waals surface area contributed by atoms with Crippen LogP contribution in [0.5, 0.6) is 0 Å². The van der Waals surface area contributed by atoms with Crippen LogP contribution in [0.1, 0.15) is 85.5 Å². The van der Waals surface area contributed by atoms with Crippen molar-refractivity contribution in [3.8, 4) is 0 Å². The molecule has 0 aliphatic heterocycles. The lowest BCUT2D eigenvalue weighted by atomic mass is 9.47. The molecule has 3 fully saturated rings. The Morgan fingerprint density at radius 3 is 2.70 bits per heavy atom. The van der Waals surface area contributed by atoms with E-state index in [4.69, 9.17) is 8.74 Å². The van der Waals surface area contributed by atoms with E-state index in [1.807, 2.05) is 0 Å². The van der Waals surface area contributed by atoms with Crippen LogP contribution in [0.4, 0.5) is 0 Å². The molecule has 0 spiro atoms. The first-order valence-electron chi connectivity index (χ1n) is 11.3. The summed E-state index contributed by atoms with van der Waals surface area (Å²) in [5, 5.41) is 0. The Hall–Kier alpha value is -0.190. The molecule has 0 aromatic rings. The normalized spacial score (nSPS) is 48.8. The van der Waals surface area contributed by atoms with E-state index >= 15 is 0 Å². The number of fused-ring (bicyclic) bond motifs is 5. The smallest absolute Gasteiger partial charge is 0.284 e. The minimum absolute atomic E-state index is 0.0816. The Labute approximate surface area is 168 Å². The van der Waals surface area contributed by atoms with Crippen LogP contribution in [0.15, 0.2) is 11.6 Å². The SMILES string of the molecule is CC[C@@H](C)C1CCC2C3CC=C4CC(OS(=O)O)CCC4(C)C3CCC21C. The summed E-state index contributed by atoms with van der Waals surface area (Å²) in [6.07, 6.45) is 13.5. The van der Waals surface area contributed by atoms with Crippen LogP contribution >= 0.6 is 0 Å². The van der Waals surface area contributed by atoms with E-state index in [1.54, 1.807) is 0 Å². The molecule has 0 aromatic heterocycles. The molecule has 3 saturated carbocycles. The van der Waals surface area contributed by atoms with Crippen molar-refractivity contribution in [2.75, 3.05) is 0 Å². The van der Waals surface area contributed by atoms with Gasteiger partial charge in [-0.15, -0.1) is 0 Å². The molecule has 0 radical (unpaired) electrons. The van der Waals surface area contributed by atoms with Crippen molar-refractivity contribution < 1.29 is 12.9 Å². The number of rotatable bonds is 4. The number of hydrogen-bond acceptors (Lipinski definition) is 2. The van der Waals surface area contributed by atoms with Crippen LogP contribution in [0.2, 0.25) is 0 Å². The highest BCUT2D eigenvalue weighted by atomic mass is 32.2. The van der Waals surface area contributed by atoms with Gasteiger partial charge in [-0.2, -0.15) is 4.21 Å². The van der Waals surface area contributed by atoms with Crippen molar-refractivity contribution in [1.82, 2.24) is 0 Å². The van der Waals surface area contributed by atoms with Crippen LogP contribution in [0.3, 0.4) is 0 Å². The monoisotopic (exact) mass is 394 g/mol. The maximum absolute atomic E-state index is 11.1. The van der Waals surface area contributed by atoms with Crippen LogP contribution in [-0.2, 0) is 15.5 Å². The molecule has 154 valence electrons. The molecule has 4 aliphatic rings. The Morgan fingerprint density at radius 1 is 1.22 bits per heavy atom. The first-order valence-corrected chi connectivity index (χ1v) is 12.3. The molecule has 0 saturated heterocycles. The quantitative estimate of drug-likeness (QED) is 0.460. The van der Waals surface area contributed by atoms with Gasteiger partial charge in [-0.1, -0.05) is 45.8 Å². The van der Waals surface area contributed by atoms with Gasteiger partial charge in [-0.3, -0.25) is 8.74 Å². The second-order valence-corrected chi connectivity index (χ2v) is 11.2. The third-order valence-corrected chi connectivity index (χ3v) is 10.1. The molecule has 0 bridgehead atoms. The van der Waals surface area contributed by atoms with Gasteiger partial charge in [0.25, 0.3) is 0 Å². The van der Waals surface area contributed by atoms with Crippen molar-refractivity contribution >= 4 is 11.4 Å². The average Bonchev–Trinajstić information content (AvgIpc) is 2.98. The molecular formula is C23H38O3S. The second kappa shape index (κ2) is 7.25. The van der Waals surface area contributed by atoms with Gasteiger partial charge >= 0.3 is 11.4 Å². The van der Waals surface area contributed by atoms with Gasteiger partial charge in [-0.25, -0.2) is 0 Å². The maximum atomic E-state index is 11.1. The van der Waals surface area contributed by atoms with E-state index < -0.39 is 11.4 Å². The Balaban J connectivity index is 1.56. The molecule has 27 heavy (non-hydrogen) atoms. The fourth-order valence-electron chi connectivity index (χ4n) is 8.09. The third-order valence-electron chi connectivity index (χ3n) is 9.68. The zero-order valence-corrected chi connectivity index (χ0v) is 18.4. The predicted molar refractivity (Wildman–Crippen MR) is 110 cm³/mol. The average molecular weight is 395 g/mol. The lowest BCUT2D eigenvalue weighted by molar-refractivity contribution is -0.0552. The van der Waals surface area contributed by atoms with Gasteiger partial charge in [0.2, 0.25) is 0 Å². The first kappa shape index (κ1) is 20.1. The third kappa shape index (κ3) is 3.18. The van der Waals surface area contributed by atoms with Gasteiger partial charge in [-0.05, 0) is 91.8 Å². The molecule has 4 heteroatoms. The molecule has 8 unspecified atom stereocenters. The number of hydrogen-bond donors (Lipinski definition) is 1. The zero-order valence-electron chi connectivity index (χ0n) is 17.6. The van der Waals surface area contributed by atoms with Crippen molar-refractivity contribution in [1.29, 1.82) is 0 Å². The summed E-state index contributed by atoms with van der Waals surface area (Å²) in [7, 11) is 0. The van der Waals surface area contributed by atoms with E-state index in [0.717, 1.165) is 48.9 Å². The van der Waals surface area contributed by atoms with Crippen molar-refractivity contribution in [3.63, 3.8) is 0 Å². The van der Waals surface area contributed by atoms with E-state index in [2.05, 4.69) is 33.8 Å². The highest BCUT2D eigenvalue weighted by molar-refractivity contribution is 7.74. The summed E-state index contributed by atoms with van der Waals surface area (Å²) >= 11 is -2.14. The zero-order chi connectivity index (χ0) is 19.4. The van der Waals surface area contributed by atoms with Crippen molar-refractivity contribution in [2.24, 2.45) is 40.4 Å². The summed E-state index contributed by atoms with van der Waals surface area (Å²) in [6.45, 7) is 9.96.